The molecule has 3 rings (SSSR count). The number of rotatable bonds is 5. The first kappa shape index (κ1) is 13.5. The minimum absolute atomic E-state index is 0.161. The van der Waals surface area contributed by atoms with Crippen molar-refractivity contribution in [1.82, 2.24) is 19.7 Å². The van der Waals surface area contributed by atoms with E-state index in [1.165, 1.54) is 11.8 Å². The highest BCUT2D eigenvalue weighted by atomic mass is 35.5. The van der Waals surface area contributed by atoms with Crippen LogP contribution in [0.3, 0.4) is 0 Å². The van der Waals surface area contributed by atoms with Gasteiger partial charge in [0.1, 0.15) is 5.82 Å². The summed E-state index contributed by atoms with van der Waals surface area (Å²) in [6.45, 7) is 0. The molecule has 1 aliphatic rings. The maximum atomic E-state index is 11.7. The Bertz CT molecular complexity index is 680. The summed E-state index contributed by atoms with van der Waals surface area (Å²) in [6.07, 6.45) is 2.05. The normalized spacial score (nSPS) is 14.5. The van der Waals surface area contributed by atoms with Gasteiger partial charge in [-0.3, -0.25) is 4.57 Å². The molecule has 4 N–H and O–H groups in total. The van der Waals surface area contributed by atoms with Crippen LogP contribution in [0.5, 0.6) is 0 Å². The van der Waals surface area contributed by atoms with E-state index in [-0.39, 0.29) is 11.7 Å². The molecule has 2 aromatic rings. The van der Waals surface area contributed by atoms with Crippen LogP contribution in [0, 0.1) is 0 Å². The molecule has 0 aliphatic heterocycles. The molecule has 0 amide bonds. The number of anilines is 1. The third kappa shape index (κ3) is 2.67. The first-order valence-corrected chi connectivity index (χ1v) is 7.47. The van der Waals surface area contributed by atoms with Crippen molar-refractivity contribution in [2.75, 3.05) is 5.43 Å². The lowest BCUT2D eigenvalue weighted by atomic mass is 10.4. The Labute approximate surface area is 123 Å². The zero-order chi connectivity index (χ0) is 14.1. The Hall–Kier alpha value is -1.51. The van der Waals surface area contributed by atoms with E-state index in [4.69, 9.17) is 17.4 Å². The summed E-state index contributed by atoms with van der Waals surface area (Å²) < 4.78 is 1.70. The number of nitrogens with zero attached hydrogens (tertiary/aromatic N) is 3. The Balaban J connectivity index is 1.78. The van der Waals surface area contributed by atoms with E-state index in [0.717, 1.165) is 12.8 Å². The molecule has 2 aromatic heterocycles. The van der Waals surface area contributed by atoms with E-state index in [9.17, 15) is 4.79 Å². The number of pyridine rings is 1. The smallest absolute Gasteiger partial charge is 0.308 e. The van der Waals surface area contributed by atoms with Crippen molar-refractivity contribution in [2.45, 2.75) is 29.8 Å². The summed E-state index contributed by atoms with van der Waals surface area (Å²) in [7, 11) is 0. The minimum atomic E-state index is -0.161. The van der Waals surface area contributed by atoms with Crippen molar-refractivity contribution >= 4 is 29.2 Å². The van der Waals surface area contributed by atoms with Crippen molar-refractivity contribution in [1.29, 1.82) is 0 Å². The topological polar surface area (TPSA) is 102 Å². The number of aromatic amines is 1. The molecular formula is C11H13ClN6OS. The second-order valence-corrected chi connectivity index (χ2v) is 5.82. The average Bonchev–Trinajstić information content (AvgIpc) is 3.22. The van der Waals surface area contributed by atoms with Gasteiger partial charge in [-0.1, -0.05) is 23.4 Å². The molecule has 20 heavy (non-hydrogen) atoms. The fraction of sp³-hybridized carbons (Fsp3) is 0.364. The van der Waals surface area contributed by atoms with E-state index in [1.807, 2.05) is 0 Å². The molecule has 1 fully saturated rings. The number of nitrogens with two attached hydrogens (primary N) is 1. The zero-order valence-corrected chi connectivity index (χ0v) is 12.0. The third-order valence-corrected chi connectivity index (χ3v) is 4.30. The third-order valence-electron chi connectivity index (χ3n) is 2.99. The van der Waals surface area contributed by atoms with E-state index in [1.54, 1.807) is 16.7 Å². The van der Waals surface area contributed by atoms with Crippen LogP contribution in [-0.2, 0) is 5.75 Å². The molecule has 0 aromatic carbocycles. The number of hydrazine groups is 1. The lowest BCUT2D eigenvalue weighted by molar-refractivity contribution is 0.642. The largest absolute Gasteiger partial charge is 0.344 e. The summed E-state index contributed by atoms with van der Waals surface area (Å²) in [5.74, 6) is 6.39. The quantitative estimate of drug-likeness (QED) is 0.440. The van der Waals surface area contributed by atoms with Crippen molar-refractivity contribution in [3.63, 3.8) is 0 Å². The second kappa shape index (κ2) is 5.47. The summed E-state index contributed by atoms with van der Waals surface area (Å²) >= 11 is 7.53. The van der Waals surface area contributed by atoms with E-state index in [0.29, 0.717) is 27.4 Å². The molecular weight excluding hydrogens is 300 g/mol. The number of nitrogens with one attached hydrogen (secondary N) is 2. The minimum Gasteiger partial charge on any atom is -0.308 e. The molecule has 1 aliphatic carbocycles. The van der Waals surface area contributed by atoms with Crippen LogP contribution >= 0.6 is 23.4 Å². The first-order valence-electron chi connectivity index (χ1n) is 6.11. The number of nitrogen functional groups attached to an aromatic ring is 1. The van der Waals surface area contributed by atoms with Crippen molar-refractivity contribution < 1.29 is 0 Å². The van der Waals surface area contributed by atoms with Crippen LogP contribution in [0.15, 0.2) is 22.1 Å². The number of hydrogen-bond acceptors (Lipinski definition) is 6. The van der Waals surface area contributed by atoms with Gasteiger partial charge in [-0.05, 0) is 25.0 Å². The van der Waals surface area contributed by atoms with Gasteiger partial charge in [0.2, 0.25) is 0 Å². The molecule has 9 heteroatoms. The number of halogens is 1. The fourth-order valence-corrected chi connectivity index (χ4v) is 3.06. The monoisotopic (exact) mass is 312 g/mol. The van der Waals surface area contributed by atoms with E-state index < -0.39 is 0 Å². The van der Waals surface area contributed by atoms with Crippen LogP contribution in [-0.4, -0.2) is 19.7 Å². The molecule has 7 nitrogen and oxygen atoms in total. The molecule has 0 spiro atoms. The van der Waals surface area contributed by atoms with Gasteiger partial charge in [0.25, 0.3) is 0 Å². The van der Waals surface area contributed by atoms with Gasteiger partial charge < -0.3 is 5.43 Å². The van der Waals surface area contributed by atoms with Gasteiger partial charge in [-0.15, -0.1) is 5.10 Å². The molecule has 0 atom stereocenters. The highest BCUT2D eigenvalue weighted by molar-refractivity contribution is 7.98. The number of aromatic nitrogens is 4. The number of H-pyrrole nitrogens is 1. The van der Waals surface area contributed by atoms with E-state index >= 15 is 0 Å². The highest BCUT2D eigenvalue weighted by Crippen LogP contribution is 2.36. The number of hydrogen-bond donors (Lipinski definition) is 3. The van der Waals surface area contributed by atoms with Crippen molar-refractivity contribution in [2.24, 2.45) is 5.84 Å². The van der Waals surface area contributed by atoms with Gasteiger partial charge in [-0.25, -0.2) is 20.7 Å². The summed E-state index contributed by atoms with van der Waals surface area (Å²) in [6, 6.07) is 3.72. The van der Waals surface area contributed by atoms with Crippen LogP contribution in [0.2, 0.25) is 5.02 Å². The Morgan fingerprint density at radius 1 is 1.55 bits per heavy atom. The zero-order valence-electron chi connectivity index (χ0n) is 10.5. The molecule has 1 saturated carbocycles. The lowest BCUT2D eigenvalue weighted by Gasteiger charge is -2.06. The second-order valence-electron chi connectivity index (χ2n) is 4.47. The molecule has 0 unspecified atom stereocenters. The summed E-state index contributed by atoms with van der Waals surface area (Å²) in [5, 5.41) is 7.75. The van der Waals surface area contributed by atoms with Crippen LogP contribution in [0.25, 0.3) is 0 Å². The molecule has 0 saturated heterocycles. The molecule has 2 heterocycles. The van der Waals surface area contributed by atoms with Gasteiger partial charge in [0.05, 0.1) is 10.7 Å². The van der Waals surface area contributed by atoms with Crippen molar-refractivity contribution in [3.05, 3.63) is 33.3 Å². The fourth-order valence-electron chi connectivity index (χ4n) is 1.85. The van der Waals surface area contributed by atoms with E-state index in [2.05, 4.69) is 20.6 Å². The van der Waals surface area contributed by atoms with Crippen LogP contribution < -0.4 is 17.0 Å². The average molecular weight is 313 g/mol. The maximum absolute atomic E-state index is 11.7. The molecule has 0 radical (unpaired) electrons. The lowest BCUT2D eigenvalue weighted by Crippen LogP contribution is -2.16. The standard InChI is InChI=1S/C11H13ClN6OS/c12-7-3-4-9(15-13)14-8(7)5-20-11-17-16-10(19)18(11)6-1-2-6/h3-4,6H,1-2,5,13H2,(H,14,15)(H,16,19). The predicted octanol–water partition coefficient (Wildman–Crippen LogP) is 1.53. The maximum Gasteiger partial charge on any atom is 0.344 e. The van der Waals surface area contributed by atoms with Gasteiger partial charge >= 0.3 is 5.69 Å². The predicted molar refractivity (Wildman–Crippen MR) is 77.7 cm³/mol. The Morgan fingerprint density at radius 3 is 3.05 bits per heavy atom. The van der Waals surface area contributed by atoms with Gasteiger partial charge in [-0.2, -0.15) is 0 Å². The Kier molecular flexibility index (Phi) is 3.68. The molecule has 106 valence electrons. The van der Waals surface area contributed by atoms with Gasteiger partial charge in [0, 0.05) is 11.8 Å². The van der Waals surface area contributed by atoms with Crippen molar-refractivity contribution in [3.8, 4) is 0 Å². The SMILES string of the molecule is NNc1ccc(Cl)c(CSc2n[nH]c(=O)n2C2CC2)n1. The molecule has 0 bridgehead atoms. The highest BCUT2D eigenvalue weighted by Gasteiger charge is 2.28. The van der Waals surface area contributed by atoms with Gasteiger partial charge in [0.15, 0.2) is 5.16 Å². The number of thioether (sulfide) groups is 1. The summed E-state index contributed by atoms with van der Waals surface area (Å²) in [4.78, 5) is 16.0. The summed E-state index contributed by atoms with van der Waals surface area (Å²) in [5.41, 5.74) is 3.02. The first-order chi connectivity index (χ1) is 9.69. The van der Waals surface area contributed by atoms with Crippen LogP contribution in [0.4, 0.5) is 5.82 Å². The Morgan fingerprint density at radius 2 is 2.35 bits per heavy atom. The van der Waals surface area contributed by atoms with Crippen LogP contribution in [0.1, 0.15) is 24.6 Å².